The molecule has 1 saturated heterocycles. The van der Waals surface area contributed by atoms with E-state index in [1.54, 1.807) is 0 Å². The number of amides is 1. The van der Waals surface area contributed by atoms with Crippen molar-refractivity contribution in [1.29, 1.82) is 0 Å². The predicted molar refractivity (Wildman–Crippen MR) is 65.7 cm³/mol. The Bertz CT molecular complexity index is 225. The van der Waals surface area contributed by atoms with Gasteiger partial charge in [-0.1, -0.05) is 12.2 Å². The number of allylic oxidation sites excluding steroid dienone is 1. The maximum absolute atomic E-state index is 11.4. The molecule has 0 bridgehead atoms. The first kappa shape index (κ1) is 13.5. The first-order valence-corrected chi connectivity index (χ1v) is 6.45. The quantitative estimate of drug-likeness (QED) is 0.576. The van der Waals surface area contributed by atoms with Crippen LogP contribution in [0.3, 0.4) is 0 Å². The van der Waals surface area contributed by atoms with Gasteiger partial charge in [-0.15, -0.1) is 11.6 Å². The molecule has 0 aliphatic carbocycles. The van der Waals surface area contributed by atoms with Crippen molar-refractivity contribution in [3.05, 3.63) is 12.2 Å². The van der Waals surface area contributed by atoms with Crippen LogP contribution >= 0.6 is 11.6 Å². The third-order valence-electron chi connectivity index (χ3n) is 2.64. The minimum atomic E-state index is 0.0911. The maximum Gasteiger partial charge on any atom is 0.220 e. The molecular formula is C12H20ClNO2. The molecule has 0 aromatic rings. The number of alkyl halides is 1. The molecule has 92 valence electrons. The summed E-state index contributed by atoms with van der Waals surface area (Å²) in [6.45, 7) is 1.42. The van der Waals surface area contributed by atoms with Gasteiger partial charge in [0.25, 0.3) is 0 Å². The molecular weight excluding hydrogens is 226 g/mol. The second-order valence-corrected chi connectivity index (χ2v) is 4.27. The van der Waals surface area contributed by atoms with Crippen molar-refractivity contribution in [3.8, 4) is 0 Å². The van der Waals surface area contributed by atoms with Crippen molar-refractivity contribution in [2.45, 2.75) is 38.2 Å². The van der Waals surface area contributed by atoms with Crippen molar-refractivity contribution < 1.29 is 9.53 Å². The van der Waals surface area contributed by atoms with Crippen LogP contribution in [-0.4, -0.2) is 31.0 Å². The molecule has 16 heavy (non-hydrogen) atoms. The lowest BCUT2D eigenvalue weighted by atomic mass is 10.0. The van der Waals surface area contributed by atoms with E-state index in [0.29, 0.717) is 18.8 Å². The molecule has 3 nitrogen and oxygen atoms in total. The molecule has 1 aliphatic heterocycles. The van der Waals surface area contributed by atoms with Gasteiger partial charge in [0.05, 0.1) is 6.10 Å². The largest absolute Gasteiger partial charge is 0.378 e. The Morgan fingerprint density at radius 1 is 1.44 bits per heavy atom. The Kier molecular flexibility index (Phi) is 7.26. The molecule has 1 heterocycles. The first-order valence-electron chi connectivity index (χ1n) is 5.92. The van der Waals surface area contributed by atoms with Crippen LogP contribution in [0.4, 0.5) is 0 Å². The fourth-order valence-electron chi connectivity index (χ4n) is 1.73. The third kappa shape index (κ3) is 6.13. The molecule has 0 saturated carbocycles. The molecule has 1 rings (SSSR count). The number of carbonyl (C=O) groups excluding carboxylic acids is 1. The summed E-state index contributed by atoms with van der Waals surface area (Å²) in [4.78, 5) is 11.4. The first-order chi connectivity index (χ1) is 7.83. The highest BCUT2D eigenvalue weighted by Gasteiger charge is 2.14. The van der Waals surface area contributed by atoms with Gasteiger partial charge in [-0.25, -0.2) is 0 Å². The Hall–Kier alpha value is -0.540. The van der Waals surface area contributed by atoms with Crippen molar-refractivity contribution in [3.63, 3.8) is 0 Å². The summed E-state index contributed by atoms with van der Waals surface area (Å²) in [5.74, 6) is 0.583. The van der Waals surface area contributed by atoms with Gasteiger partial charge >= 0.3 is 0 Å². The molecule has 0 spiro atoms. The fourth-order valence-corrected chi connectivity index (χ4v) is 1.86. The zero-order chi connectivity index (χ0) is 11.6. The number of nitrogens with one attached hydrogen (secondary N) is 1. The van der Waals surface area contributed by atoms with E-state index in [1.807, 2.05) is 12.2 Å². The maximum atomic E-state index is 11.4. The van der Waals surface area contributed by atoms with E-state index in [2.05, 4.69) is 5.32 Å². The minimum absolute atomic E-state index is 0.0911. The fraction of sp³-hybridized carbons (Fsp3) is 0.750. The van der Waals surface area contributed by atoms with Crippen LogP contribution in [0.5, 0.6) is 0 Å². The number of hydrogen-bond donors (Lipinski definition) is 1. The normalized spacial score (nSPS) is 21.2. The minimum Gasteiger partial charge on any atom is -0.378 e. The summed E-state index contributed by atoms with van der Waals surface area (Å²) in [7, 11) is 0. The van der Waals surface area contributed by atoms with Gasteiger partial charge in [0.15, 0.2) is 0 Å². The summed E-state index contributed by atoms with van der Waals surface area (Å²) in [5.41, 5.74) is 0. The predicted octanol–water partition coefficient (Wildman–Crippen LogP) is 2.25. The molecule has 4 heteroatoms. The molecule has 1 atom stereocenters. The van der Waals surface area contributed by atoms with Crippen LogP contribution in [0.1, 0.15) is 32.1 Å². The van der Waals surface area contributed by atoms with Crippen LogP contribution in [-0.2, 0) is 9.53 Å². The number of halogens is 1. The monoisotopic (exact) mass is 245 g/mol. The van der Waals surface area contributed by atoms with Crippen LogP contribution in [0.2, 0.25) is 0 Å². The van der Waals surface area contributed by atoms with E-state index in [0.717, 1.165) is 25.9 Å². The van der Waals surface area contributed by atoms with Gasteiger partial charge in [0, 0.05) is 25.5 Å². The second-order valence-electron chi connectivity index (χ2n) is 3.96. The standard InChI is InChI=1S/C12H20ClNO2/c13-8-2-3-9-14-12(15)7-6-11-5-1-4-10-16-11/h2-3,11H,1,4-10H2,(H,14,15)/b3-2+. The van der Waals surface area contributed by atoms with Gasteiger partial charge in [-0.2, -0.15) is 0 Å². The molecule has 1 fully saturated rings. The number of hydrogen-bond acceptors (Lipinski definition) is 2. The molecule has 0 aromatic heterocycles. The van der Waals surface area contributed by atoms with E-state index in [9.17, 15) is 4.79 Å². The van der Waals surface area contributed by atoms with E-state index >= 15 is 0 Å². The van der Waals surface area contributed by atoms with Crippen LogP contribution in [0.15, 0.2) is 12.2 Å². The molecule has 1 unspecified atom stereocenters. The van der Waals surface area contributed by atoms with Crippen molar-refractivity contribution >= 4 is 17.5 Å². The lowest BCUT2D eigenvalue weighted by Crippen LogP contribution is -2.26. The van der Waals surface area contributed by atoms with E-state index in [1.165, 1.54) is 6.42 Å². The summed E-state index contributed by atoms with van der Waals surface area (Å²) in [6.07, 6.45) is 8.85. The van der Waals surface area contributed by atoms with Crippen LogP contribution < -0.4 is 5.32 Å². The number of ether oxygens (including phenoxy) is 1. The lowest BCUT2D eigenvalue weighted by Gasteiger charge is -2.22. The zero-order valence-corrected chi connectivity index (χ0v) is 10.3. The Labute approximate surface area is 102 Å². The summed E-state index contributed by atoms with van der Waals surface area (Å²) in [6, 6.07) is 0. The lowest BCUT2D eigenvalue weighted by molar-refractivity contribution is -0.121. The van der Waals surface area contributed by atoms with Gasteiger partial charge in [-0.05, 0) is 25.7 Å². The second kappa shape index (κ2) is 8.59. The topological polar surface area (TPSA) is 38.3 Å². The van der Waals surface area contributed by atoms with Crippen LogP contribution in [0.25, 0.3) is 0 Å². The van der Waals surface area contributed by atoms with Crippen molar-refractivity contribution in [2.24, 2.45) is 0 Å². The smallest absolute Gasteiger partial charge is 0.220 e. The zero-order valence-electron chi connectivity index (χ0n) is 9.58. The van der Waals surface area contributed by atoms with Crippen LogP contribution in [0, 0.1) is 0 Å². The van der Waals surface area contributed by atoms with Crippen molar-refractivity contribution in [2.75, 3.05) is 19.0 Å². The highest BCUT2D eigenvalue weighted by Crippen LogP contribution is 2.16. The van der Waals surface area contributed by atoms with Gasteiger partial charge in [0.1, 0.15) is 0 Å². The number of rotatable bonds is 6. The van der Waals surface area contributed by atoms with Gasteiger partial charge in [-0.3, -0.25) is 4.79 Å². The van der Waals surface area contributed by atoms with E-state index in [4.69, 9.17) is 16.3 Å². The molecule has 1 N–H and O–H groups in total. The molecule has 1 amide bonds. The summed E-state index contributed by atoms with van der Waals surface area (Å²) < 4.78 is 5.56. The molecule has 1 aliphatic rings. The third-order valence-corrected chi connectivity index (χ3v) is 2.82. The van der Waals surface area contributed by atoms with Gasteiger partial charge in [0.2, 0.25) is 5.91 Å². The number of carbonyl (C=O) groups is 1. The average molecular weight is 246 g/mol. The van der Waals surface area contributed by atoms with E-state index in [-0.39, 0.29) is 12.0 Å². The summed E-state index contributed by atoms with van der Waals surface area (Å²) in [5, 5.41) is 2.82. The Morgan fingerprint density at radius 2 is 2.31 bits per heavy atom. The summed E-state index contributed by atoms with van der Waals surface area (Å²) >= 11 is 5.46. The highest BCUT2D eigenvalue weighted by atomic mass is 35.5. The Balaban J connectivity index is 2.02. The van der Waals surface area contributed by atoms with E-state index < -0.39 is 0 Å². The van der Waals surface area contributed by atoms with Gasteiger partial charge < -0.3 is 10.1 Å². The Morgan fingerprint density at radius 3 is 3.00 bits per heavy atom. The molecule has 0 radical (unpaired) electrons. The highest BCUT2D eigenvalue weighted by molar-refractivity contribution is 6.18. The molecule has 0 aromatic carbocycles. The SMILES string of the molecule is O=C(CCC1CCCCO1)NC/C=C/CCl. The average Bonchev–Trinajstić information content (AvgIpc) is 2.33. The van der Waals surface area contributed by atoms with Crippen molar-refractivity contribution in [1.82, 2.24) is 5.32 Å².